The zero-order valence-electron chi connectivity index (χ0n) is 18.4. The number of hydrogen-bond donors (Lipinski definition) is 2. The summed E-state index contributed by atoms with van der Waals surface area (Å²) in [6, 6.07) is 19.3. The number of benzene rings is 3. The number of nitrogens with zero attached hydrogens (tertiary/aromatic N) is 1. The normalized spacial score (nSPS) is 14.3. The Morgan fingerprint density at radius 1 is 1.06 bits per heavy atom. The van der Waals surface area contributed by atoms with Crippen LogP contribution in [0.5, 0.6) is 5.75 Å². The van der Waals surface area contributed by atoms with E-state index in [-0.39, 0.29) is 30.6 Å². The molecule has 1 heterocycles. The number of carbonyl (C=O) groups excluding carboxylic acids is 3. The van der Waals surface area contributed by atoms with Gasteiger partial charge in [-0.1, -0.05) is 42.0 Å². The number of rotatable bonds is 7. The van der Waals surface area contributed by atoms with Crippen LogP contribution in [-0.4, -0.2) is 29.4 Å². The molecule has 0 aliphatic carbocycles. The average molecular weight is 459 g/mol. The van der Waals surface area contributed by atoms with Gasteiger partial charge in [-0.2, -0.15) is 0 Å². The summed E-state index contributed by atoms with van der Waals surface area (Å²) < 4.78 is 18.4. The van der Waals surface area contributed by atoms with Crippen molar-refractivity contribution in [1.29, 1.82) is 0 Å². The van der Waals surface area contributed by atoms with E-state index in [1.165, 1.54) is 24.3 Å². The number of nitrogens with one attached hydrogen (secondary N) is 2. The zero-order chi connectivity index (χ0) is 24.1. The molecule has 7 nitrogen and oxygen atoms in total. The molecule has 2 N–H and O–H groups in total. The van der Waals surface area contributed by atoms with E-state index in [9.17, 15) is 18.8 Å². The summed E-state index contributed by atoms with van der Waals surface area (Å²) in [5.74, 6) is -0.712. The van der Waals surface area contributed by atoms with Crippen LogP contribution in [0, 0.1) is 12.7 Å². The molecule has 8 heteroatoms. The molecule has 0 aromatic heterocycles. The summed E-state index contributed by atoms with van der Waals surface area (Å²) >= 11 is 0. The molecular weight excluding hydrogens is 437 g/mol. The molecular formula is C26H22FN3O4. The van der Waals surface area contributed by atoms with Gasteiger partial charge in [0.2, 0.25) is 0 Å². The zero-order valence-corrected chi connectivity index (χ0v) is 18.4. The molecule has 1 aliphatic heterocycles. The topological polar surface area (TPSA) is 87.7 Å². The Bertz CT molecular complexity index is 1250. The number of hydrogen-bond acceptors (Lipinski definition) is 4. The van der Waals surface area contributed by atoms with Gasteiger partial charge in [0.25, 0.3) is 11.8 Å². The van der Waals surface area contributed by atoms with Gasteiger partial charge in [-0.05, 0) is 60.5 Å². The lowest BCUT2D eigenvalue weighted by atomic mass is 10.1. The molecule has 1 aliphatic rings. The highest BCUT2D eigenvalue weighted by molar-refractivity contribution is 6.13. The van der Waals surface area contributed by atoms with Crippen molar-refractivity contribution in [2.75, 3.05) is 11.9 Å². The van der Waals surface area contributed by atoms with Gasteiger partial charge in [-0.25, -0.2) is 9.18 Å². The molecule has 1 fully saturated rings. The second kappa shape index (κ2) is 9.99. The fourth-order valence-electron chi connectivity index (χ4n) is 3.41. The first-order valence-corrected chi connectivity index (χ1v) is 10.6. The molecule has 0 saturated carbocycles. The van der Waals surface area contributed by atoms with Crippen molar-refractivity contribution >= 4 is 29.6 Å². The lowest BCUT2D eigenvalue weighted by molar-refractivity contribution is -0.123. The summed E-state index contributed by atoms with van der Waals surface area (Å²) in [6.07, 6.45) is 1.58. The first kappa shape index (κ1) is 22.7. The Morgan fingerprint density at radius 3 is 2.50 bits per heavy atom. The van der Waals surface area contributed by atoms with Crippen molar-refractivity contribution in [2.24, 2.45) is 0 Å². The van der Waals surface area contributed by atoms with Crippen LogP contribution in [0.1, 0.15) is 16.7 Å². The molecule has 172 valence electrons. The minimum atomic E-state index is -0.468. The van der Waals surface area contributed by atoms with Crippen LogP contribution in [0.15, 0.2) is 78.5 Å². The Labute approximate surface area is 195 Å². The molecule has 3 aromatic rings. The minimum absolute atomic E-state index is 0.185. The van der Waals surface area contributed by atoms with Gasteiger partial charge in [-0.3, -0.25) is 14.5 Å². The smallest absolute Gasteiger partial charge is 0.329 e. The molecule has 4 rings (SSSR count). The van der Waals surface area contributed by atoms with Gasteiger partial charge in [0.05, 0.1) is 6.54 Å². The van der Waals surface area contributed by atoms with Gasteiger partial charge in [0.15, 0.2) is 6.61 Å². The second-order valence-corrected chi connectivity index (χ2v) is 7.78. The molecule has 0 bridgehead atoms. The quantitative estimate of drug-likeness (QED) is 0.409. The predicted molar refractivity (Wildman–Crippen MR) is 125 cm³/mol. The van der Waals surface area contributed by atoms with Gasteiger partial charge < -0.3 is 15.4 Å². The summed E-state index contributed by atoms with van der Waals surface area (Å²) in [7, 11) is 0. The van der Waals surface area contributed by atoms with E-state index in [0.29, 0.717) is 17.0 Å². The summed E-state index contributed by atoms with van der Waals surface area (Å²) in [5, 5.41) is 5.22. The molecule has 0 spiro atoms. The van der Waals surface area contributed by atoms with Crippen LogP contribution in [0.3, 0.4) is 0 Å². The van der Waals surface area contributed by atoms with Crippen LogP contribution in [0.25, 0.3) is 6.08 Å². The Kier molecular flexibility index (Phi) is 6.68. The van der Waals surface area contributed by atoms with Gasteiger partial charge >= 0.3 is 6.03 Å². The van der Waals surface area contributed by atoms with Gasteiger partial charge in [0.1, 0.15) is 17.3 Å². The largest absolute Gasteiger partial charge is 0.484 e. The lowest BCUT2D eigenvalue weighted by Gasteiger charge is -2.12. The lowest BCUT2D eigenvalue weighted by Crippen LogP contribution is -2.30. The molecule has 4 amide bonds. The van der Waals surface area contributed by atoms with Crippen LogP contribution in [0.2, 0.25) is 0 Å². The summed E-state index contributed by atoms with van der Waals surface area (Å²) in [5.41, 5.74) is 3.26. The van der Waals surface area contributed by atoms with Gasteiger partial charge in [0, 0.05) is 5.69 Å². The highest BCUT2D eigenvalue weighted by Crippen LogP contribution is 2.19. The molecule has 0 atom stereocenters. The number of urea groups is 1. The highest BCUT2D eigenvalue weighted by atomic mass is 19.1. The molecule has 3 aromatic carbocycles. The fourth-order valence-corrected chi connectivity index (χ4v) is 3.41. The monoisotopic (exact) mass is 459 g/mol. The number of halogens is 1. The van der Waals surface area contributed by atoms with Crippen LogP contribution in [-0.2, 0) is 16.1 Å². The van der Waals surface area contributed by atoms with Gasteiger partial charge in [-0.15, -0.1) is 0 Å². The third-order valence-corrected chi connectivity index (χ3v) is 5.07. The Morgan fingerprint density at radius 2 is 1.79 bits per heavy atom. The van der Waals surface area contributed by atoms with Crippen molar-refractivity contribution in [1.82, 2.24) is 10.2 Å². The van der Waals surface area contributed by atoms with E-state index >= 15 is 0 Å². The number of aryl methyl sites for hydroxylation is 1. The van der Waals surface area contributed by atoms with Crippen molar-refractivity contribution in [3.63, 3.8) is 0 Å². The summed E-state index contributed by atoms with van der Waals surface area (Å²) in [4.78, 5) is 38.2. The minimum Gasteiger partial charge on any atom is -0.484 e. The van der Waals surface area contributed by atoms with Crippen LogP contribution in [0.4, 0.5) is 14.9 Å². The number of anilines is 1. The third kappa shape index (κ3) is 5.66. The van der Waals surface area contributed by atoms with E-state index in [4.69, 9.17) is 4.74 Å². The van der Waals surface area contributed by atoms with E-state index < -0.39 is 11.9 Å². The Hall–Kier alpha value is -4.46. The number of ether oxygens (including phenoxy) is 1. The third-order valence-electron chi connectivity index (χ3n) is 5.07. The predicted octanol–water partition coefficient (Wildman–Crippen LogP) is 4.24. The van der Waals surface area contributed by atoms with E-state index in [0.717, 1.165) is 16.0 Å². The molecule has 1 saturated heterocycles. The first-order valence-electron chi connectivity index (χ1n) is 10.6. The SMILES string of the molecule is Cc1cccc(CN2C(=O)N/C(=C/c3ccc(OCC(=O)Nc4ccc(F)cc4)cc3)C2=O)c1. The van der Waals surface area contributed by atoms with Crippen LogP contribution < -0.4 is 15.4 Å². The number of carbonyl (C=O) groups is 3. The standard InChI is InChI=1S/C26H22FN3O4/c1-17-3-2-4-19(13-17)15-30-25(32)23(29-26(30)33)14-18-5-11-22(12-6-18)34-16-24(31)28-21-9-7-20(27)8-10-21/h2-14H,15-16H2,1H3,(H,28,31)(H,29,33)/b23-14+. The van der Waals surface area contributed by atoms with Crippen molar-refractivity contribution in [3.05, 3.63) is 101 Å². The maximum absolute atomic E-state index is 12.9. The second-order valence-electron chi connectivity index (χ2n) is 7.78. The van der Waals surface area contributed by atoms with Crippen molar-refractivity contribution in [3.8, 4) is 5.75 Å². The molecule has 34 heavy (non-hydrogen) atoms. The van der Waals surface area contributed by atoms with E-state index in [1.807, 2.05) is 31.2 Å². The van der Waals surface area contributed by atoms with E-state index in [1.54, 1.807) is 30.3 Å². The Balaban J connectivity index is 1.33. The maximum atomic E-state index is 12.9. The average Bonchev–Trinajstić information content (AvgIpc) is 3.07. The number of imide groups is 1. The maximum Gasteiger partial charge on any atom is 0.329 e. The summed E-state index contributed by atoms with van der Waals surface area (Å²) in [6.45, 7) is 1.92. The fraction of sp³-hybridized carbons (Fsp3) is 0.115. The van der Waals surface area contributed by atoms with E-state index in [2.05, 4.69) is 10.6 Å². The van der Waals surface area contributed by atoms with Crippen molar-refractivity contribution < 1.29 is 23.5 Å². The number of amides is 4. The first-order chi connectivity index (χ1) is 16.4. The van der Waals surface area contributed by atoms with Crippen LogP contribution >= 0.6 is 0 Å². The molecule has 0 unspecified atom stereocenters. The molecule has 0 radical (unpaired) electrons. The van der Waals surface area contributed by atoms with Crippen molar-refractivity contribution in [2.45, 2.75) is 13.5 Å². The highest BCUT2D eigenvalue weighted by Gasteiger charge is 2.33.